The number of ether oxygens (including phenoxy) is 1. The summed E-state index contributed by atoms with van der Waals surface area (Å²) >= 11 is 1.70. The highest BCUT2D eigenvalue weighted by molar-refractivity contribution is 7.09. The third-order valence-corrected chi connectivity index (χ3v) is 6.45. The Labute approximate surface area is 177 Å². The maximum atomic E-state index is 12.8. The van der Waals surface area contributed by atoms with E-state index in [0.29, 0.717) is 6.42 Å². The zero-order chi connectivity index (χ0) is 20.2. The third-order valence-electron chi connectivity index (χ3n) is 5.63. The summed E-state index contributed by atoms with van der Waals surface area (Å²) in [6.45, 7) is 11.0. The van der Waals surface area contributed by atoms with Gasteiger partial charge in [-0.15, -0.1) is 11.3 Å². The second kappa shape index (κ2) is 9.24. The maximum Gasteiger partial charge on any atom is 0.223 e. The predicted molar refractivity (Wildman–Crippen MR) is 115 cm³/mol. The molecule has 29 heavy (non-hydrogen) atoms. The zero-order valence-corrected chi connectivity index (χ0v) is 18.2. The molecule has 4 rings (SSSR count). The highest BCUT2D eigenvalue weighted by Crippen LogP contribution is 2.24. The number of carbonyl (C=O) groups excluding carboxylic acids is 1. The van der Waals surface area contributed by atoms with Crippen LogP contribution >= 0.6 is 11.3 Å². The maximum absolute atomic E-state index is 12.8. The molecule has 1 aromatic heterocycles. The predicted octanol–water partition coefficient (Wildman–Crippen LogP) is 2.77. The number of aromatic nitrogens is 1. The van der Waals surface area contributed by atoms with Crippen LogP contribution in [0.5, 0.6) is 5.75 Å². The van der Waals surface area contributed by atoms with Crippen molar-refractivity contribution < 1.29 is 9.53 Å². The van der Waals surface area contributed by atoms with Crippen LogP contribution in [0, 0.1) is 6.92 Å². The average Bonchev–Trinajstić information content (AvgIpc) is 3.04. The summed E-state index contributed by atoms with van der Waals surface area (Å²) in [5, 5.41) is 3.25. The van der Waals surface area contributed by atoms with Gasteiger partial charge >= 0.3 is 0 Å². The molecule has 0 spiro atoms. The van der Waals surface area contributed by atoms with E-state index in [4.69, 9.17) is 4.74 Å². The number of hydrogen-bond acceptors (Lipinski definition) is 6. The lowest BCUT2D eigenvalue weighted by Gasteiger charge is -2.34. The van der Waals surface area contributed by atoms with Gasteiger partial charge in [-0.05, 0) is 19.9 Å². The number of para-hydroxylation sites is 1. The molecule has 0 bridgehead atoms. The molecular weight excluding hydrogens is 384 g/mol. The van der Waals surface area contributed by atoms with Gasteiger partial charge in [0.25, 0.3) is 0 Å². The van der Waals surface area contributed by atoms with Crippen molar-refractivity contribution >= 4 is 17.2 Å². The smallest absolute Gasteiger partial charge is 0.223 e. The highest BCUT2D eigenvalue weighted by Gasteiger charge is 2.24. The minimum atomic E-state index is 0.131. The van der Waals surface area contributed by atoms with E-state index < -0.39 is 0 Å². The van der Waals surface area contributed by atoms with E-state index in [1.807, 2.05) is 30.0 Å². The van der Waals surface area contributed by atoms with Crippen molar-refractivity contribution in [1.82, 2.24) is 19.7 Å². The Morgan fingerprint density at radius 3 is 2.76 bits per heavy atom. The molecule has 0 N–H and O–H groups in total. The Morgan fingerprint density at radius 2 is 2.00 bits per heavy atom. The molecule has 6 nitrogen and oxygen atoms in total. The first-order chi connectivity index (χ1) is 14.1. The van der Waals surface area contributed by atoms with Gasteiger partial charge in [0, 0.05) is 69.7 Å². The first-order valence-corrected chi connectivity index (χ1v) is 11.3. The molecule has 1 aromatic carbocycles. The van der Waals surface area contributed by atoms with Crippen molar-refractivity contribution in [2.45, 2.75) is 39.5 Å². The van der Waals surface area contributed by atoms with Gasteiger partial charge in [-0.3, -0.25) is 14.6 Å². The molecule has 2 aliphatic heterocycles. The first kappa shape index (κ1) is 20.3. The van der Waals surface area contributed by atoms with Gasteiger partial charge in [0.1, 0.15) is 11.9 Å². The number of amides is 1. The monoisotopic (exact) mass is 414 g/mol. The number of aryl methyl sites for hydroxylation is 1. The molecule has 2 aromatic rings. The van der Waals surface area contributed by atoms with Crippen molar-refractivity contribution in [2.75, 3.05) is 39.3 Å². The van der Waals surface area contributed by atoms with Gasteiger partial charge in [0.15, 0.2) is 0 Å². The molecule has 2 aliphatic rings. The summed E-state index contributed by atoms with van der Waals surface area (Å²) in [4.78, 5) is 24.1. The fourth-order valence-corrected chi connectivity index (χ4v) is 4.72. The highest BCUT2D eigenvalue weighted by atomic mass is 32.1. The van der Waals surface area contributed by atoms with Crippen LogP contribution in [0.2, 0.25) is 0 Å². The molecular formula is C22H30N4O2S. The molecule has 1 saturated heterocycles. The van der Waals surface area contributed by atoms with Crippen molar-refractivity contribution in [3.05, 3.63) is 45.9 Å². The van der Waals surface area contributed by atoms with Gasteiger partial charge in [-0.2, -0.15) is 0 Å². The van der Waals surface area contributed by atoms with E-state index in [9.17, 15) is 4.79 Å². The number of fused-ring (bicyclic) bond motifs is 1. The van der Waals surface area contributed by atoms with Crippen molar-refractivity contribution in [2.24, 2.45) is 0 Å². The number of hydrogen-bond donors (Lipinski definition) is 0. The summed E-state index contributed by atoms with van der Waals surface area (Å²) < 4.78 is 6.03. The third kappa shape index (κ3) is 5.35. The summed E-state index contributed by atoms with van der Waals surface area (Å²) in [6, 6.07) is 8.21. The van der Waals surface area contributed by atoms with Gasteiger partial charge in [-0.25, -0.2) is 4.98 Å². The Bertz CT molecular complexity index is 832. The number of nitrogens with zero attached hydrogens (tertiary/aromatic N) is 4. The topological polar surface area (TPSA) is 48.9 Å². The summed E-state index contributed by atoms with van der Waals surface area (Å²) in [5.41, 5.74) is 2.35. The van der Waals surface area contributed by atoms with Crippen LogP contribution in [0.1, 0.15) is 29.6 Å². The Hall–Kier alpha value is -1.96. The molecule has 0 saturated carbocycles. The quantitative estimate of drug-likeness (QED) is 0.753. The van der Waals surface area contributed by atoms with E-state index in [1.165, 1.54) is 5.56 Å². The van der Waals surface area contributed by atoms with Crippen LogP contribution in [0.3, 0.4) is 0 Å². The number of carbonyl (C=O) groups is 1. The molecule has 1 amide bonds. The normalized spacial score (nSPS) is 20.8. The zero-order valence-electron chi connectivity index (χ0n) is 17.3. The van der Waals surface area contributed by atoms with E-state index in [0.717, 1.165) is 68.8 Å². The summed E-state index contributed by atoms with van der Waals surface area (Å²) in [5.74, 6) is 1.24. The molecule has 1 fully saturated rings. The number of benzene rings is 1. The average molecular weight is 415 g/mol. The lowest BCUT2D eigenvalue weighted by atomic mass is 10.2. The van der Waals surface area contributed by atoms with Crippen LogP contribution in [-0.2, 0) is 17.9 Å². The van der Waals surface area contributed by atoms with E-state index in [1.54, 1.807) is 11.3 Å². The number of piperazine rings is 1. The van der Waals surface area contributed by atoms with E-state index in [-0.39, 0.29) is 12.0 Å². The van der Waals surface area contributed by atoms with Crippen LogP contribution < -0.4 is 4.74 Å². The standard InChI is InChI=1S/C22H30N4O2S/c1-17-13-25(14-19-5-3-4-6-21(19)28-17)8-7-22(27)26-11-9-24(10-12-26)15-20-16-29-18(2)23-20/h3-6,16-17H,7-15H2,1-2H3. The molecule has 156 valence electrons. The summed E-state index contributed by atoms with van der Waals surface area (Å²) in [7, 11) is 0. The summed E-state index contributed by atoms with van der Waals surface area (Å²) in [6.07, 6.45) is 0.701. The van der Waals surface area contributed by atoms with Gasteiger partial charge < -0.3 is 9.64 Å². The molecule has 3 heterocycles. The van der Waals surface area contributed by atoms with Crippen LogP contribution in [0.25, 0.3) is 0 Å². The van der Waals surface area contributed by atoms with E-state index >= 15 is 0 Å². The van der Waals surface area contributed by atoms with Gasteiger partial charge in [0.05, 0.1) is 10.7 Å². The minimum absolute atomic E-state index is 0.131. The van der Waals surface area contributed by atoms with Crippen molar-refractivity contribution in [3.63, 3.8) is 0 Å². The van der Waals surface area contributed by atoms with Crippen LogP contribution in [-0.4, -0.2) is 71.0 Å². The molecule has 0 radical (unpaired) electrons. The fraction of sp³-hybridized carbons (Fsp3) is 0.545. The van der Waals surface area contributed by atoms with E-state index in [2.05, 4.69) is 33.2 Å². The SMILES string of the molecule is Cc1nc(CN2CCN(C(=O)CCN3Cc4ccccc4OC(C)C3)CC2)cs1. The Morgan fingerprint density at radius 1 is 1.21 bits per heavy atom. The second-order valence-corrected chi connectivity index (χ2v) is 9.10. The second-order valence-electron chi connectivity index (χ2n) is 8.04. The molecule has 1 atom stereocenters. The first-order valence-electron chi connectivity index (χ1n) is 10.4. The number of thiazole rings is 1. The molecule has 0 aliphatic carbocycles. The Kier molecular flexibility index (Phi) is 6.47. The van der Waals surface area contributed by atoms with Gasteiger partial charge in [-0.1, -0.05) is 18.2 Å². The van der Waals surface area contributed by atoms with Crippen molar-refractivity contribution in [1.29, 1.82) is 0 Å². The van der Waals surface area contributed by atoms with Crippen LogP contribution in [0.4, 0.5) is 0 Å². The Balaban J connectivity index is 1.24. The molecule has 7 heteroatoms. The van der Waals surface area contributed by atoms with Crippen molar-refractivity contribution in [3.8, 4) is 5.75 Å². The molecule has 1 unspecified atom stereocenters. The van der Waals surface area contributed by atoms with Crippen LogP contribution in [0.15, 0.2) is 29.6 Å². The minimum Gasteiger partial charge on any atom is -0.489 e. The van der Waals surface area contributed by atoms with Gasteiger partial charge in [0.2, 0.25) is 5.91 Å². The fourth-order valence-electron chi connectivity index (χ4n) is 4.12. The lowest BCUT2D eigenvalue weighted by molar-refractivity contribution is -0.133. The number of rotatable bonds is 5. The lowest BCUT2D eigenvalue weighted by Crippen LogP contribution is -2.48. The largest absolute Gasteiger partial charge is 0.489 e.